The smallest absolute Gasteiger partial charge is 0.281 e. The van der Waals surface area contributed by atoms with Gasteiger partial charge >= 0.3 is 0 Å². The Morgan fingerprint density at radius 3 is 2.50 bits per heavy atom. The van der Waals surface area contributed by atoms with Crippen molar-refractivity contribution >= 4 is 21.4 Å². The van der Waals surface area contributed by atoms with E-state index in [9.17, 15) is 8.42 Å². The third-order valence-electron chi connectivity index (χ3n) is 2.92. The highest BCUT2D eigenvalue weighted by molar-refractivity contribution is 7.92. The molecule has 6 heteroatoms. The molecule has 0 radical (unpaired) electrons. The number of hydrogen-bond acceptors (Lipinski definition) is 4. The van der Waals surface area contributed by atoms with Gasteiger partial charge in [-0.1, -0.05) is 17.7 Å². The van der Waals surface area contributed by atoms with Crippen molar-refractivity contribution in [3.63, 3.8) is 0 Å². The highest BCUT2D eigenvalue weighted by Gasteiger charge is 2.20. The van der Waals surface area contributed by atoms with Crippen LogP contribution in [0.25, 0.3) is 0 Å². The quantitative estimate of drug-likeness (QED) is 0.908. The van der Waals surface area contributed by atoms with E-state index in [2.05, 4.69) is 15.0 Å². The summed E-state index contributed by atoms with van der Waals surface area (Å²) in [6.07, 6.45) is 1.46. The third-order valence-corrected chi connectivity index (χ3v) is 4.24. The summed E-state index contributed by atoms with van der Waals surface area (Å²) < 4.78 is 27.4. The maximum absolute atomic E-state index is 12.4. The lowest BCUT2D eigenvalue weighted by atomic mass is 10.1. The van der Waals surface area contributed by atoms with Crippen molar-refractivity contribution in [2.45, 2.75) is 18.9 Å². The maximum atomic E-state index is 12.4. The summed E-state index contributed by atoms with van der Waals surface area (Å²) in [5.41, 5.74) is 2.97. The average molecular weight is 291 g/mol. The molecule has 0 atom stereocenters. The van der Waals surface area contributed by atoms with Gasteiger partial charge in [0.15, 0.2) is 5.03 Å². The minimum atomic E-state index is -3.72. The zero-order valence-electron chi connectivity index (χ0n) is 11.6. The summed E-state index contributed by atoms with van der Waals surface area (Å²) >= 11 is 0. The zero-order valence-corrected chi connectivity index (χ0v) is 12.5. The van der Waals surface area contributed by atoms with E-state index in [4.69, 9.17) is 0 Å². The molecule has 106 valence electrons. The number of sulfonamides is 1. The molecule has 2 N–H and O–H groups in total. The number of aromatic nitrogens is 1. The summed E-state index contributed by atoms with van der Waals surface area (Å²) in [5, 5.41) is 2.82. The second-order valence-electron chi connectivity index (χ2n) is 4.53. The summed E-state index contributed by atoms with van der Waals surface area (Å²) in [7, 11) is -2.06. The number of anilines is 2. The Labute approximate surface area is 119 Å². The van der Waals surface area contributed by atoms with Gasteiger partial charge < -0.3 is 5.32 Å². The van der Waals surface area contributed by atoms with Crippen LogP contribution < -0.4 is 10.0 Å². The molecule has 20 heavy (non-hydrogen) atoms. The lowest BCUT2D eigenvalue weighted by Gasteiger charge is -2.12. The van der Waals surface area contributed by atoms with Crippen molar-refractivity contribution < 1.29 is 8.42 Å². The molecule has 0 saturated carbocycles. The van der Waals surface area contributed by atoms with Crippen LogP contribution in [0.15, 0.2) is 41.6 Å². The molecule has 0 fully saturated rings. The topological polar surface area (TPSA) is 71.1 Å². The van der Waals surface area contributed by atoms with Crippen LogP contribution in [-0.4, -0.2) is 20.4 Å². The SMILES string of the molecule is CNc1cccnc1S(=O)(=O)Nc1ccc(C)cc1C. The molecule has 0 spiro atoms. The Balaban J connectivity index is 2.41. The fourth-order valence-corrected chi connectivity index (χ4v) is 3.19. The molecule has 2 rings (SSSR count). The molecule has 0 bridgehead atoms. The van der Waals surface area contributed by atoms with Crippen molar-refractivity contribution in [2.75, 3.05) is 17.1 Å². The van der Waals surface area contributed by atoms with Crippen molar-refractivity contribution in [3.8, 4) is 0 Å². The predicted molar refractivity (Wildman–Crippen MR) is 80.5 cm³/mol. The summed E-state index contributed by atoms with van der Waals surface area (Å²) in [6, 6.07) is 8.90. The van der Waals surface area contributed by atoms with Gasteiger partial charge in [0.25, 0.3) is 10.0 Å². The second-order valence-corrected chi connectivity index (χ2v) is 6.13. The van der Waals surface area contributed by atoms with Gasteiger partial charge in [-0.2, -0.15) is 8.42 Å². The molecule has 5 nitrogen and oxygen atoms in total. The fourth-order valence-electron chi connectivity index (χ4n) is 1.92. The fraction of sp³-hybridized carbons (Fsp3) is 0.214. The molecule has 0 amide bonds. The Kier molecular flexibility index (Phi) is 3.94. The molecule has 0 aliphatic heterocycles. The van der Waals surface area contributed by atoms with Gasteiger partial charge in [-0.15, -0.1) is 0 Å². The van der Waals surface area contributed by atoms with Gasteiger partial charge in [0.1, 0.15) is 0 Å². The third kappa shape index (κ3) is 2.91. The van der Waals surface area contributed by atoms with E-state index in [1.807, 2.05) is 26.0 Å². The first-order chi connectivity index (χ1) is 9.44. The number of rotatable bonds is 4. The molecule has 0 aliphatic carbocycles. The molecule has 1 aromatic carbocycles. The molecule has 0 saturated heterocycles. The zero-order chi connectivity index (χ0) is 14.8. The second kappa shape index (κ2) is 5.50. The molecule has 1 heterocycles. The van der Waals surface area contributed by atoms with Crippen molar-refractivity contribution in [2.24, 2.45) is 0 Å². The van der Waals surface area contributed by atoms with E-state index in [0.29, 0.717) is 11.4 Å². The number of nitrogens with one attached hydrogen (secondary N) is 2. The summed E-state index contributed by atoms with van der Waals surface area (Å²) in [4.78, 5) is 3.95. The number of nitrogens with zero attached hydrogens (tertiary/aromatic N) is 1. The van der Waals surface area contributed by atoms with Gasteiger partial charge in [0.05, 0.1) is 11.4 Å². The number of pyridine rings is 1. The van der Waals surface area contributed by atoms with Crippen LogP contribution in [0, 0.1) is 13.8 Å². The van der Waals surface area contributed by atoms with Crippen LogP contribution in [0.4, 0.5) is 11.4 Å². The summed E-state index contributed by atoms with van der Waals surface area (Å²) in [6.45, 7) is 3.82. The van der Waals surface area contributed by atoms with Gasteiger partial charge in [0, 0.05) is 13.2 Å². The first kappa shape index (κ1) is 14.3. The predicted octanol–water partition coefficient (Wildman–Crippen LogP) is 2.54. The van der Waals surface area contributed by atoms with E-state index in [-0.39, 0.29) is 5.03 Å². The van der Waals surface area contributed by atoms with Crippen LogP contribution in [-0.2, 0) is 10.0 Å². The van der Waals surface area contributed by atoms with E-state index < -0.39 is 10.0 Å². The Bertz CT molecular complexity index is 727. The minimum Gasteiger partial charge on any atom is -0.386 e. The van der Waals surface area contributed by atoms with Crippen molar-refractivity contribution in [3.05, 3.63) is 47.7 Å². The van der Waals surface area contributed by atoms with E-state index in [0.717, 1.165) is 11.1 Å². The lowest BCUT2D eigenvalue weighted by molar-refractivity contribution is 0.598. The molecule has 0 aliphatic rings. The van der Waals surface area contributed by atoms with Crippen LogP contribution >= 0.6 is 0 Å². The Morgan fingerprint density at radius 2 is 1.85 bits per heavy atom. The van der Waals surface area contributed by atoms with E-state index >= 15 is 0 Å². The molecule has 1 aromatic heterocycles. The minimum absolute atomic E-state index is 0.0116. The first-order valence-electron chi connectivity index (χ1n) is 6.17. The molecule has 0 unspecified atom stereocenters. The van der Waals surface area contributed by atoms with Gasteiger partial charge in [-0.3, -0.25) is 4.72 Å². The first-order valence-corrected chi connectivity index (χ1v) is 7.65. The Morgan fingerprint density at radius 1 is 1.10 bits per heavy atom. The molecular weight excluding hydrogens is 274 g/mol. The molecular formula is C14H17N3O2S. The monoisotopic (exact) mass is 291 g/mol. The average Bonchev–Trinajstić information content (AvgIpc) is 2.42. The van der Waals surface area contributed by atoms with Crippen LogP contribution in [0.5, 0.6) is 0 Å². The summed E-state index contributed by atoms with van der Waals surface area (Å²) in [5.74, 6) is 0. The maximum Gasteiger partial charge on any atom is 0.281 e. The molecule has 2 aromatic rings. The lowest BCUT2D eigenvalue weighted by Crippen LogP contribution is -2.17. The van der Waals surface area contributed by atoms with Gasteiger partial charge in [0.2, 0.25) is 0 Å². The highest BCUT2D eigenvalue weighted by Crippen LogP contribution is 2.23. The largest absolute Gasteiger partial charge is 0.386 e. The Hall–Kier alpha value is -2.08. The van der Waals surface area contributed by atoms with Gasteiger partial charge in [-0.25, -0.2) is 4.98 Å². The number of aryl methyl sites for hydroxylation is 2. The van der Waals surface area contributed by atoms with E-state index in [1.165, 1.54) is 6.20 Å². The normalized spacial score (nSPS) is 11.2. The number of hydrogen-bond donors (Lipinski definition) is 2. The standard InChI is InChI=1S/C14H17N3O2S/c1-10-6-7-12(11(2)9-10)17-20(18,19)14-13(15-3)5-4-8-16-14/h4-9,15,17H,1-3H3. The van der Waals surface area contributed by atoms with Crippen molar-refractivity contribution in [1.29, 1.82) is 0 Å². The van der Waals surface area contributed by atoms with Crippen LogP contribution in [0.2, 0.25) is 0 Å². The van der Waals surface area contributed by atoms with Crippen LogP contribution in [0.1, 0.15) is 11.1 Å². The van der Waals surface area contributed by atoms with Crippen molar-refractivity contribution in [1.82, 2.24) is 4.98 Å². The number of benzene rings is 1. The van der Waals surface area contributed by atoms with E-state index in [1.54, 1.807) is 25.2 Å². The highest BCUT2D eigenvalue weighted by atomic mass is 32.2. The van der Waals surface area contributed by atoms with Crippen LogP contribution in [0.3, 0.4) is 0 Å². The van der Waals surface area contributed by atoms with Gasteiger partial charge in [-0.05, 0) is 37.6 Å².